The van der Waals surface area contributed by atoms with Gasteiger partial charge >= 0.3 is 0 Å². The summed E-state index contributed by atoms with van der Waals surface area (Å²) in [4.78, 5) is 14.4. The fourth-order valence-electron chi connectivity index (χ4n) is 3.11. The van der Waals surface area contributed by atoms with Crippen LogP contribution in [0.3, 0.4) is 0 Å². The van der Waals surface area contributed by atoms with Crippen molar-refractivity contribution in [1.82, 2.24) is 4.90 Å². The molecule has 2 rings (SSSR count). The number of likely N-dealkylation sites (tertiary alicyclic amines) is 1. The number of aryl methyl sites for hydroxylation is 1. The van der Waals surface area contributed by atoms with E-state index in [2.05, 4.69) is 37.3 Å². The van der Waals surface area contributed by atoms with Gasteiger partial charge in [0.05, 0.1) is 6.04 Å². The van der Waals surface area contributed by atoms with Crippen LogP contribution in [0.5, 0.6) is 0 Å². The zero-order valence-corrected chi connectivity index (χ0v) is 14.6. The van der Waals surface area contributed by atoms with Crippen LogP contribution in [0.4, 0.5) is 0 Å². The van der Waals surface area contributed by atoms with Gasteiger partial charge in [0.15, 0.2) is 0 Å². The predicted octanol–water partition coefficient (Wildman–Crippen LogP) is 2.94. The summed E-state index contributed by atoms with van der Waals surface area (Å²) < 4.78 is 0. The van der Waals surface area contributed by atoms with Crippen molar-refractivity contribution in [1.29, 1.82) is 0 Å². The molecule has 2 N–H and O–H groups in total. The number of thioether (sulfide) groups is 1. The molecular formula is C18H28N2OS. The van der Waals surface area contributed by atoms with Crippen molar-refractivity contribution in [2.45, 2.75) is 38.6 Å². The minimum absolute atomic E-state index is 0.137. The van der Waals surface area contributed by atoms with Gasteiger partial charge in [-0.25, -0.2) is 0 Å². The SMILES string of the molecule is CSCC[C@H](N)C(=O)N1CCC(C)(CCc2ccccc2)C1. The first kappa shape index (κ1) is 17.4. The minimum atomic E-state index is -0.330. The highest BCUT2D eigenvalue weighted by atomic mass is 32.2. The van der Waals surface area contributed by atoms with Crippen molar-refractivity contribution in [2.75, 3.05) is 25.1 Å². The van der Waals surface area contributed by atoms with E-state index < -0.39 is 0 Å². The maximum Gasteiger partial charge on any atom is 0.239 e. The highest BCUT2D eigenvalue weighted by Gasteiger charge is 2.36. The topological polar surface area (TPSA) is 46.3 Å². The first-order valence-corrected chi connectivity index (χ1v) is 9.51. The lowest BCUT2D eigenvalue weighted by atomic mass is 9.83. The molecule has 0 saturated carbocycles. The average Bonchev–Trinajstić information content (AvgIpc) is 2.94. The van der Waals surface area contributed by atoms with E-state index in [1.165, 1.54) is 5.56 Å². The number of rotatable bonds is 7. The number of benzene rings is 1. The Labute approximate surface area is 138 Å². The van der Waals surface area contributed by atoms with Gasteiger partial charge in [-0.3, -0.25) is 4.79 Å². The monoisotopic (exact) mass is 320 g/mol. The summed E-state index contributed by atoms with van der Waals surface area (Å²) in [5.41, 5.74) is 7.64. The third-order valence-corrected chi connectivity index (χ3v) is 5.32. The third kappa shape index (κ3) is 4.75. The normalized spacial score (nSPS) is 22.8. The molecule has 1 amide bonds. The van der Waals surface area contributed by atoms with E-state index in [0.717, 1.165) is 44.5 Å². The van der Waals surface area contributed by atoms with Crippen LogP contribution in [0.15, 0.2) is 30.3 Å². The van der Waals surface area contributed by atoms with Gasteiger partial charge in [-0.1, -0.05) is 37.3 Å². The second kappa shape index (κ2) is 8.02. The molecule has 1 aromatic carbocycles. The molecule has 3 nitrogen and oxygen atoms in total. The average molecular weight is 321 g/mol. The fraction of sp³-hybridized carbons (Fsp3) is 0.611. The van der Waals surface area contributed by atoms with Gasteiger partial charge in [0, 0.05) is 13.1 Å². The first-order valence-electron chi connectivity index (χ1n) is 8.11. The highest BCUT2D eigenvalue weighted by molar-refractivity contribution is 7.98. The quantitative estimate of drug-likeness (QED) is 0.840. The third-order valence-electron chi connectivity index (χ3n) is 4.68. The number of carbonyl (C=O) groups is 1. The van der Waals surface area contributed by atoms with Crippen LogP contribution in [0.25, 0.3) is 0 Å². The standard InChI is InChI=1S/C18H28N2OS/c1-18(10-8-15-6-4-3-5-7-15)11-12-20(14-18)17(21)16(19)9-13-22-2/h3-7,16H,8-14,19H2,1-2H3/t16-,18?/m0/s1. The van der Waals surface area contributed by atoms with Crippen molar-refractivity contribution in [2.24, 2.45) is 11.1 Å². The Morgan fingerprint density at radius 1 is 1.41 bits per heavy atom. The minimum Gasteiger partial charge on any atom is -0.341 e. The Bertz CT molecular complexity index is 479. The molecule has 1 aliphatic heterocycles. The predicted molar refractivity (Wildman–Crippen MR) is 95.0 cm³/mol. The van der Waals surface area contributed by atoms with E-state index >= 15 is 0 Å². The van der Waals surface area contributed by atoms with Gasteiger partial charge in [0.1, 0.15) is 0 Å². The molecule has 1 unspecified atom stereocenters. The molecular weight excluding hydrogens is 292 g/mol. The molecule has 0 radical (unpaired) electrons. The summed E-state index contributed by atoms with van der Waals surface area (Å²) in [7, 11) is 0. The Morgan fingerprint density at radius 2 is 2.14 bits per heavy atom. The van der Waals surface area contributed by atoms with Crippen molar-refractivity contribution in [3.8, 4) is 0 Å². The van der Waals surface area contributed by atoms with E-state index in [-0.39, 0.29) is 17.4 Å². The Balaban J connectivity index is 1.84. The zero-order valence-electron chi connectivity index (χ0n) is 13.8. The number of carbonyl (C=O) groups excluding carboxylic acids is 1. The maximum absolute atomic E-state index is 12.4. The van der Waals surface area contributed by atoms with E-state index in [1.54, 1.807) is 11.8 Å². The zero-order chi connectivity index (χ0) is 16.0. The molecule has 1 aliphatic rings. The lowest BCUT2D eigenvalue weighted by molar-refractivity contribution is -0.132. The van der Waals surface area contributed by atoms with Crippen LogP contribution in [0.2, 0.25) is 0 Å². The fourth-order valence-corrected chi connectivity index (χ4v) is 3.60. The highest BCUT2D eigenvalue weighted by Crippen LogP contribution is 2.34. The summed E-state index contributed by atoms with van der Waals surface area (Å²) in [6, 6.07) is 10.3. The maximum atomic E-state index is 12.4. The number of nitrogens with two attached hydrogens (primary N) is 1. The van der Waals surface area contributed by atoms with Crippen LogP contribution in [-0.4, -0.2) is 41.9 Å². The molecule has 0 aliphatic carbocycles. The van der Waals surface area contributed by atoms with Crippen LogP contribution >= 0.6 is 11.8 Å². The number of amides is 1. The van der Waals surface area contributed by atoms with E-state index in [0.29, 0.717) is 0 Å². The molecule has 0 spiro atoms. The molecule has 1 heterocycles. The summed E-state index contributed by atoms with van der Waals surface area (Å²) in [6.45, 7) is 4.01. The van der Waals surface area contributed by atoms with Crippen LogP contribution in [0.1, 0.15) is 31.7 Å². The Hall–Kier alpha value is -1.00. The Morgan fingerprint density at radius 3 is 2.82 bits per heavy atom. The van der Waals surface area contributed by atoms with Crippen LogP contribution in [-0.2, 0) is 11.2 Å². The second-order valence-corrected chi connectivity index (χ2v) is 7.68. The van der Waals surface area contributed by atoms with Gasteiger partial charge in [-0.2, -0.15) is 11.8 Å². The molecule has 1 aromatic rings. The smallest absolute Gasteiger partial charge is 0.239 e. The van der Waals surface area contributed by atoms with Crippen LogP contribution < -0.4 is 5.73 Å². The van der Waals surface area contributed by atoms with Gasteiger partial charge in [-0.05, 0) is 48.7 Å². The molecule has 0 bridgehead atoms. The second-order valence-electron chi connectivity index (χ2n) is 6.69. The lowest BCUT2D eigenvalue weighted by Crippen LogP contribution is -2.43. The number of nitrogens with zero attached hydrogens (tertiary/aromatic N) is 1. The number of hydrogen-bond acceptors (Lipinski definition) is 3. The van der Waals surface area contributed by atoms with E-state index in [4.69, 9.17) is 5.73 Å². The van der Waals surface area contributed by atoms with E-state index in [9.17, 15) is 4.79 Å². The van der Waals surface area contributed by atoms with Crippen molar-refractivity contribution < 1.29 is 4.79 Å². The molecule has 2 atom stereocenters. The lowest BCUT2D eigenvalue weighted by Gasteiger charge is -2.26. The van der Waals surface area contributed by atoms with Gasteiger partial charge in [0.2, 0.25) is 5.91 Å². The first-order chi connectivity index (χ1) is 10.5. The summed E-state index contributed by atoms with van der Waals surface area (Å²) in [6.07, 6.45) is 6.12. The van der Waals surface area contributed by atoms with Crippen LogP contribution in [0, 0.1) is 5.41 Å². The molecule has 1 fully saturated rings. The molecule has 0 aromatic heterocycles. The van der Waals surface area contributed by atoms with Gasteiger partial charge in [0.25, 0.3) is 0 Å². The molecule has 4 heteroatoms. The van der Waals surface area contributed by atoms with E-state index in [1.807, 2.05) is 11.2 Å². The Kier molecular flexibility index (Phi) is 6.33. The summed E-state index contributed by atoms with van der Waals surface area (Å²) in [5, 5.41) is 0. The summed E-state index contributed by atoms with van der Waals surface area (Å²) in [5.74, 6) is 1.09. The van der Waals surface area contributed by atoms with Crippen molar-refractivity contribution in [3.63, 3.8) is 0 Å². The molecule has 22 heavy (non-hydrogen) atoms. The molecule has 1 saturated heterocycles. The van der Waals surface area contributed by atoms with Gasteiger partial charge in [-0.15, -0.1) is 0 Å². The van der Waals surface area contributed by atoms with Crippen molar-refractivity contribution >= 4 is 17.7 Å². The van der Waals surface area contributed by atoms with Crippen molar-refractivity contribution in [3.05, 3.63) is 35.9 Å². The summed E-state index contributed by atoms with van der Waals surface area (Å²) >= 11 is 1.74. The largest absolute Gasteiger partial charge is 0.341 e. The van der Waals surface area contributed by atoms with Gasteiger partial charge < -0.3 is 10.6 Å². The molecule has 122 valence electrons. The number of hydrogen-bond donors (Lipinski definition) is 1.